The Hall–Kier alpha value is -0.930. The van der Waals surface area contributed by atoms with E-state index in [2.05, 4.69) is 24.1 Å². The fraction of sp³-hybridized carbons (Fsp3) is 0.545. The molecule has 1 unspecified atom stereocenters. The predicted molar refractivity (Wildman–Crippen MR) is 57.3 cm³/mol. The minimum absolute atomic E-state index is 0.332. The van der Waals surface area contributed by atoms with E-state index >= 15 is 0 Å². The van der Waals surface area contributed by atoms with E-state index in [1.807, 2.05) is 18.5 Å². The van der Waals surface area contributed by atoms with Crippen molar-refractivity contribution in [1.29, 1.82) is 0 Å². The first-order valence-electron chi connectivity index (χ1n) is 4.88. The van der Waals surface area contributed by atoms with Gasteiger partial charge in [-0.25, -0.2) is 0 Å². The van der Waals surface area contributed by atoms with Crippen molar-refractivity contribution < 1.29 is 4.74 Å². The quantitative estimate of drug-likeness (QED) is 0.724. The predicted octanol–water partition coefficient (Wildman–Crippen LogP) is 1.69. The molecule has 0 amide bonds. The van der Waals surface area contributed by atoms with Crippen LogP contribution in [0.15, 0.2) is 18.5 Å². The summed E-state index contributed by atoms with van der Waals surface area (Å²) in [6.07, 6.45) is 3.74. The number of aryl methyl sites for hydroxylation is 1. The van der Waals surface area contributed by atoms with Crippen LogP contribution in [0.25, 0.3) is 0 Å². The van der Waals surface area contributed by atoms with Crippen molar-refractivity contribution in [2.24, 2.45) is 0 Å². The number of nitrogens with zero attached hydrogens (tertiary/aromatic N) is 1. The summed E-state index contributed by atoms with van der Waals surface area (Å²) in [7, 11) is 1.71. The molecule has 0 saturated carbocycles. The molecule has 0 aliphatic rings. The van der Waals surface area contributed by atoms with Gasteiger partial charge in [0.15, 0.2) is 0 Å². The standard InChI is InChI=1S/C11H18N2O/c1-9-4-5-12-8-11(9)10(2)13-6-7-14-3/h4-5,8,10,13H,6-7H2,1-3H3. The van der Waals surface area contributed by atoms with Crippen LogP contribution in [0.1, 0.15) is 24.1 Å². The summed E-state index contributed by atoms with van der Waals surface area (Å²) in [4.78, 5) is 4.12. The Balaban J connectivity index is 2.51. The second-order valence-electron chi connectivity index (χ2n) is 3.40. The smallest absolute Gasteiger partial charge is 0.0587 e. The Morgan fingerprint density at radius 2 is 2.36 bits per heavy atom. The summed E-state index contributed by atoms with van der Waals surface area (Å²) in [5.41, 5.74) is 2.53. The van der Waals surface area contributed by atoms with Crippen LogP contribution in [-0.2, 0) is 4.74 Å². The molecule has 0 fully saturated rings. The number of ether oxygens (including phenoxy) is 1. The van der Waals surface area contributed by atoms with Gasteiger partial charge in [0, 0.05) is 32.1 Å². The van der Waals surface area contributed by atoms with Crippen molar-refractivity contribution in [2.45, 2.75) is 19.9 Å². The van der Waals surface area contributed by atoms with Gasteiger partial charge in [-0.3, -0.25) is 4.98 Å². The number of pyridine rings is 1. The van der Waals surface area contributed by atoms with Gasteiger partial charge >= 0.3 is 0 Å². The summed E-state index contributed by atoms with van der Waals surface area (Å²) < 4.78 is 4.98. The number of aromatic nitrogens is 1. The number of hydrogen-bond donors (Lipinski definition) is 1. The molecule has 3 heteroatoms. The summed E-state index contributed by atoms with van der Waals surface area (Å²) in [5.74, 6) is 0. The maximum atomic E-state index is 4.98. The fourth-order valence-electron chi connectivity index (χ4n) is 1.42. The monoisotopic (exact) mass is 194 g/mol. The molecular formula is C11H18N2O. The van der Waals surface area contributed by atoms with Gasteiger partial charge in [0.25, 0.3) is 0 Å². The number of rotatable bonds is 5. The van der Waals surface area contributed by atoms with E-state index in [0.29, 0.717) is 6.04 Å². The van der Waals surface area contributed by atoms with Crippen LogP contribution in [0.3, 0.4) is 0 Å². The van der Waals surface area contributed by atoms with E-state index in [1.54, 1.807) is 7.11 Å². The molecule has 78 valence electrons. The van der Waals surface area contributed by atoms with Gasteiger partial charge in [0.1, 0.15) is 0 Å². The first kappa shape index (κ1) is 11.1. The van der Waals surface area contributed by atoms with Crippen LogP contribution in [0.4, 0.5) is 0 Å². The number of methoxy groups -OCH3 is 1. The van der Waals surface area contributed by atoms with Crippen molar-refractivity contribution in [2.75, 3.05) is 20.3 Å². The first-order chi connectivity index (χ1) is 6.75. The van der Waals surface area contributed by atoms with Crippen molar-refractivity contribution in [3.05, 3.63) is 29.6 Å². The van der Waals surface area contributed by atoms with Crippen LogP contribution in [0.2, 0.25) is 0 Å². The van der Waals surface area contributed by atoms with Crippen LogP contribution in [0.5, 0.6) is 0 Å². The summed E-state index contributed by atoms with van der Waals surface area (Å²) >= 11 is 0. The topological polar surface area (TPSA) is 34.1 Å². The highest BCUT2D eigenvalue weighted by Gasteiger charge is 2.06. The van der Waals surface area contributed by atoms with Gasteiger partial charge in [-0.05, 0) is 31.0 Å². The van der Waals surface area contributed by atoms with Crippen molar-refractivity contribution in [1.82, 2.24) is 10.3 Å². The zero-order chi connectivity index (χ0) is 10.4. The van der Waals surface area contributed by atoms with Crippen LogP contribution in [-0.4, -0.2) is 25.2 Å². The van der Waals surface area contributed by atoms with E-state index < -0.39 is 0 Å². The maximum Gasteiger partial charge on any atom is 0.0587 e. The molecule has 0 aromatic carbocycles. The second kappa shape index (κ2) is 5.73. The zero-order valence-corrected chi connectivity index (χ0v) is 9.08. The third kappa shape index (κ3) is 3.09. The van der Waals surface area contributed by atoms with Gasteiger partial charge < -0.3 is 10.1 Å². The van der Waals surface area contributed by atoms with E-state index in [4.69, 9.17) is 4.74 Å². The highest BCUT2D eigenvalue weighted by molar-refractivity contribution is 5.24. The summed E-state index contributed by atoms with van der Waals surface area (Å²) in [6, 6.07) is 2.36. The third-order valence-electron chi connectivity index (χ3n) is 2.30. The van der Waals surface area contributed by atoms with Gasteiger partial charge in [-0.1, -0.05) is 0 Å². The molecule has 0 aliphatic carbocycles. The molecule has 0 spiro atoms. The van der Waals surface area contributed by atoms with Crippen LogP contribution < -0.4 is 5.32 Å². The minimum Gasteiger partial charge on any atom is -0.383 e. The van der Waals surface area contributed by atoms with E-state index in [1.165, 1.54) is 11.1 Å². The minimum atomic E-state index is 0.332. The highest BCUT2D eigenvalue weighted by Crippen LogP contribution is 2.14. The second-order valence-corrected chi connectivity index (χ2v) is 3.40. The Bertz CT molecular complexity index is 276. The van der Waals surface area contributed by atoms with Crippen molar-refractivity contribution >= 4 is 0 Å². The van der Waals surface area contributed by atoms with E-state index in [9.17, 15) is 0 Å². The molecule has 0 aliphatic heterocycles. The van der Waals surface area contributed by atoms with Gasteiger partial charge in [0.2, 0.25) is 0 Å². The van der Waals surface area contributed by atoms with Crippen LogP contribution >= 0.6 is 0 Å². The molecule has 3 nitrogen and oxygen atoms in total. The largest absolute Gasteiger partial charge is 0.383 e. The lowest BCUT2D eigenvalue weighted by Gasteiger charge is -2.15. The summed E-state index contributed by atoms with van der Waals surface area (Å²) in [6.45, 7) is 5.85. The lowest BCUT2D eigenvalue weighted by atomic mass is 10.1. The molecule has 1 aromatic rings. The molecule has 1 heterocycles. The SMILES string of the molecule is COCCNC(C)c1cnccc1C. The average molecular weight is 194 g/mol. The zero-order valence-electron chi connectivity index (χ0n) is 9.08. The van der Waals surface area contributed by atoms with Gasteiger partial charge in [-0.15, -0.1) is 0 Å². The normalized spacial score (nSPS) is 12.8. The first-order valence-corrected chi connectivity index (χ1v) is 4.88. The molecule has 1 aromatic heterocycles. The molecule has 1 rings (SSSR count). The van der Waals surface area contributed by atoms with Gasteiger partial charge in [0.05, 0.1) is 6.61 Å². The Morgan fingerprint density at radius 1 is 1.57 bits per heavy atom. The lowest BCUT2D eigenvalue weighted by molar-refractivity contribution is 0.196. The number of hydrogen-bond acceptors (Lipinski definition) is 3. The maximum absolute atomic E-state index is 4.98. The molecule has 0 radical (unpaired) electrons. The Morgan fingerprint density at radius 3 is 3.00 bits per heavy atom. The van der Waals surface area contributed by atoms with Gasteiger partial charge in [-0.2, -0.15) is 0 Å². The number of nitrogens with one attached hydrogen (secondary N) is 1. The van der Waals surface area contributed by atoms with Crippen LogP contribution in [0, 0.1) is 6.92 Å². The molecule has 1 N–H and O–H groups in total. The third-order valence-corrected chi connectivity index (χ3v) is 2.30. The molecule has 0 saturated heterocycles. The van der Waals surface area contributed by atoms with Crippen molar-refractivity contribution in [3.63, 3.8) is 0 Å². The molecule has 1 atom stereocenters. The molecular weight excluding hydrogens is 176 g/mol. The summed E-state index contributed by atoms with van der Waals surface area (Å²) in [5, 5.41) is 3.38. The average Bonchev–Trinajstić information content (AvgIpc) is 2.18. The fourth-order valence-corrected chi connectivity index (χ4v) is 1.42. The van der Waals surface area contributed by atoms with E-state index in [-0.39, 0.29) is 0 Å². The van der Waals surface area contributed by atoms with E-state index in [0.717, 1.165) is 13.2 Å². The molecule has 14 heavy (non-hydrogen) atoms. The van der Waals surface area contributed by atoms with Crippen molar-refractivity contribution in [3.8, 4) is 0 Å². The molecule has 0 bridgehead atoms. The Labute approximate surface area is 85.5 Å². The highest BCUT2D eigenvalue weighted by atomic mass is 16.5. The Kier molecular flexibility index (Phi) is 4.56. The lowest BCUT2D eigenvalue weighted by Crippen LogP contribution is -2.23.